The number of aryl methyl sites for hydroxylation is 2. The van der Waals surface area contributed by atoms with Crippen molar-refractivity contribution >= 4 is 29.0 Å². The van der Waals surface area contributed by atoms with E-state index in [1.807, 2.05) is 60.7 Å². The number of anilines is 1. The number of benzene rings is 2. The summed E-state index contributed by atoms with van der Waals surface area (Å²) in [5, 5.41) is 10.7. The van der Waals surface area contributed by atoms with Gasteiger partial charge in [0, 0.05) is 17.9 Å². The SMILES string of the molecule is Cc1nc(C)c(C(=O)Nc2cc(-c3ccccc3)nc3ccccc23)o1.O=CO. The zero-order chi connectivity index (χ0) is 20.8. The van der Waals surface area contributed by atoms with E-state index in [1.54, 1.807) is 13.8 Å². The standard InChI is InChI=1S/C21H17N3O2.CH2O2/c1-13-20(26-14(2)22-13)21(25)24-19-12-18(15-8-4-3-5-9-15)23-17-11-7-6-10-16(17)19;2-1-3/h3-12H,1-2H3,(H,23,24,25);1H,(H,2,3). The number of carboxylic acid groups (broad SMARTS) is 1. The molecule has 0 radical (unpaired) electrons. The molecule has 0 spiro atoms. The van der Waals surface area contributed by atoms with E-state index in [0.29, 0.717) is 17.3 Å². The molecular formula is C22H19N3O4. The van der Waals surface area contributed by atoms with E-state index in [4.69, 9.17) is 19.3 Å². The minimum atomic E-state index is -0.321. The third-order valence-corrected chi connectivity index (χ3v) is 4.14. The third-order valence-electron chi connectivity index (χ3n) is 4.14. The molecule has 146 valence electrons. The van der Waals surface area contributed by atoms with Gasteiger partial charge < -0.3 is 14.8 Å². The van der Waals surface area contributed by atoms with Crippen LogP contribution >= 0.6 is 0 Å². The Morgan fingerprint density at radius 3 is 2.34 bits per heavy atom. The van der Waals surface area contributed by atoms with E-state index >= 15 is 0 Å². The highest BCUT2D eigenvalue weighted by atomic mass is 16.4. The first-order valence-corrected chi connectivity index (χ1v) is 8.82. The second-order valence-electron chi connectivity index (χ2n) is 6.15. The van der Waals surface area contributed by atoms with E-state index in [1.165, 1.54) is 0 Å². The van der Waals surface area contributed by atoms with Crippen molar-refractivity contribution < 1.29 is 19.1 Å². The van der Waals surface area contributed by atoms with Gasteiger partial charge in [-0.15, -0.1) is 0 Å². The molecule has 0 unspecified atom stereocenters. The minimum absolute atomic E-state index is 0.227. The molecule has 4 rings (SSSR count). The number of nitrogens with zero attached hydrogens (tertiary/aromatic N) is 2. The van der Waals surface area contributed by atoms with Crippen LogP contribution in [-0.2, 0) is 4.79 Å². The number of carbonyl (C=O) groups excluding carboxylic acids is 1. The molecule has 0 saturated heterocycles. The molecule has 2 aromatic heterocycles. The summed E-state index contributed by atoms with van der Waals surface area (Å²) in [6.07, 6.45) is 0. The van der Waals surface area contributed by atoms with Gasteiger partial charge in [-0.2, -0.15) is 0 Å². The number of rotatable bonds is 3. The quantitative estimate of drug-likeness (QED) is 0.501. The summed E-state index contributed by atoms with van der Waals surface area (Å²) in [6, 6.07) is 19.5. The summed E-state index contributed by atoms with van der Waals surface area (Å²) < 4.78 is 5.44. The third kappa shape index (κ3) is 4.47. The van der Waals surface area contributed by atoms with E-state index in [0.717, 1.165) is 22.2 Å². The molecule has 0 fully saturated rings. The topological polar surface area (TPSA) is 105 Å². The Morgan fingerprint density at radius 2 is 1.69 bits per heavy atom. The molecular weight excluding hydrogens is 370 g/mol. The average molecular weight is 389 g/mol. The Balaban J connectivity index is 0.000000755. The minimum Gasteiger partial charge on any atom is -0.483 e. The van der Waals surface area contributed by atoms with Crippen LogP contribution in [0.5, 0.6) is 0 Å². The molecule has 0 aliphatic heterocycles. The smallest absolute Gasteiger partial charge is 0.293 e. The average Bonchev–Trinajstić information content (AvgIpc) is 3.07. The van der Waals surface area contributed by atoms with Crippen molar-refractivity contribution in [1.29, 1.82) is 0 Å². The van der Waals surface area contributed by atoms with Crippen molar-refractivity contribution in [2.45, 2.75) is 13.8 Å². The molecule has 0 atom stereocenters. The summed E-state index contributed by atoms with van der Waals surface area (Å²) in [6.45, 7) is 3.23. The van der Waals surface area contributed by atoms with E-state index in [-0.39, 0.29) is 18.1 Å². The Kier molecular flexibility index (Phi) is 5.99. The lowest BCUT2D eigenvalue weighted by Crippen LogP contribution is -2.13. The van der Waals surface area contributed by atoms with Crippen molar-refractivity contribution in [3.63, 3.8) is 0 Å². The lowest BCUT2D eigenvalue weighted by molar-refractivity contribution is -0.122. The first kappa shape index (κ1) is 19.8. The number of oxazole rings is 1. The van der Waals surface area contributed by atoms with Crippen LogP contribution in [0.1, 0.15) is 22.1 Å². The van der Waals surface area contributed by atoms with Gasteiger partial charge in [-0.1, -0.05) is 48.5 Å². The second-order valence-corrected chi connectivity index (χ2v) is 6.15. The summed E-state index contributed by atoms with van der Waals surface area (Å²) >= 11 is 0. The van der Waals surface area contributed by atoms with Gasteiger partial charge in [-0.05, 0) is 19.1 Å². The fraction of sp³-hybridized carbons (Fsp3) is 0.0909. The summed E-state index contributed by atoms with van der Waals surface area (Å²) in [7, 11) is 0. The fourth-order valence-electron chi connectivity index (χ4n) is 2.96. The van der Waals surface area contributed by atoms with Gasteiger partial charge in [-0.25, -0.2) is 9.97 Å². The van der Waals surface area contributed by atoms with Crippen LogP contribution in [0, 0.1) is 13.8 Å². The maximum absolute atomic E-state index is 12.7. The van der Waals surface area contributed by atoms with E-state index < -0.39 is 0 Å². The van der Waals surface area contributed by atoms with Crippen LogP contribution in [-0.4, -0.2) is 27.5 Å². The van der Waals surface area contributed by atoms with Crippen LogP contribution in [0.25, 0.3) is 22.2 Å². The highest BCUT2D eigenvalue weighted by molar-refractivity contribution is 6.08. The zero-order valence-corrected chi connectivity index (χ0v) is 15.9. The van der Waals surface area contributed by atoms with Gasteiger partial charge in [0.25, 0.3) is 12.4 Å². The molecule has 2 aromatic carbocycles. The van der Waals surface area contributed by atoms with E-state index in [2.05, 4.69) is 10.3 Å². The molecule has 0 saturated carbocycles. The zero-order valence-electron chi connectivity index (χ0n) is 15.9. The molecule has 1 amide bonds. The first-order valence-electron chi connectivity index (χ1n) is 8.82. The first-order chi connectivity index (χ1) is 14.0. The second kappa shape index (κ2) is 8.79. The molecule has 29 heavy (non-hydrogen) atoms. The van der Waals surface area contributed by atoms with Gasteiger partial charge in [0.15, 0.2) is 5.89 Å². The van der Waals surface area contributed by atoms with Crippen LogP contribution in [0.15, 0.2) is 65.1 Å². The van der Waals surface area contributed by atoms with Crippen LogP contribution < -0.4 is 5.32 Å². The molecule has 0 aliphatic carbocycles. The Hall–Kier alpha value is -4.00. The number of para-hydroxylation sites is 1. The van der Waals surface area contributed by atoms with Gasteiger partial charge in [0.05, 0.1) is 22.6 Å². The number of amides is 1. The highest BCUT2D eigenvalue weighted by Crippen LogP contribution is 2.28. The van der Waals surface area contributed by atoms with Crippen LogP contribution in [0.2, 0.25) is 0 Å². The summed E-state index contributed by atoms with van der Waals surface area (Å²) in [5.41, 5.74) is 3.86. The Morgan fingerprint density at radius 1 is 1.03 bits per heavy atom. The van der Waals surface area contributed by atoms with Crippen molar-refractivity contribution in [2.75, 3.05) is 5.32 Å². The molecule has 2 heterocycles. The predicted octanol–water partition coefficient (Wildman–Crippen LogP) is 4.46. The molecule has 7 heteroatoms. The van der Waals surface area contributed by atoms with Crippen LogP contribution in [0.3, 0.4) is 0 Å². The number of nitrogens with one attached hydrogen (secondary N) is 1. The predicted molar refractivity (Wildman–Crippen MR) is 110 cm³/mol. The Bertz CT molecular complexity index is 1150. The number of pyridine rings is 1. The molecule has 0 bridgehead atoms. The Labute approximate surface area is 167 Å². The number of hydrogen-bond donors (Lipinski definition) is 2. The number of carbonyl (C=O) groups is 2. The van der Waals surface area contributed by atoms with Crippen molar-refractivity contribution in [3.8, 4) is 11.3 Å². The normalized spacial score (nSPS) is 10.1. The van der Waals surface area contributed by atoms with E-state index in [9.17, 15) is 4.79 Å². The van der Waals surface area contributed by atoms with Gasteiger partial charge in [-0.3, -0.25) is 9.59 Å². The maximum atomic E-state index is 12.7. The summed E-state index contributed by atoms with van der Waals surface area (Å²) in [4.78, 5) is 29.9. The highest BCUT2D eigenvalue weighted by Gasteiger charge is 2.18. The number of fused-ring (bicyclic) bond motifs is 1. The monoisotopic (exact) mass is 389 g/mol. The lowest BCUT2D eigenvalue weighted by Gasteiger charge is -2.11. The van der Waals surface area contributed by atoms with Gasteiger partial charge in [0.1, 0.15) is 0 Å². The summed E-state index contributed by atoms with van der Waals surface area (Å²) in [5.74, 6) is 0.375. The lowest BCUT2D eigenvalue weighted by atomic mass is 10.1. The number of aromatic nitrogens is 2. The van der Waals surface area contributed by atoms with Crippen molar-refractivity contribution in [2.24, 2.45) is 0 Å². The van der Waals surface area contributed by atoms with Crippen LogP contribution in [0.4, 0.5) is 5.69 Å². The fourth-order valence-corrected chi connectivity index (χ4v) is 2.96. The molecule has 0 aliphatic rings. The molecule has 7 nitrogen and oxygen atoms in total. The number of hydrogen-bond acceptors (Lipinski definition) is 5. The molecule has 4 aromatic rings. The van der Waals surface area contributed by atoms with Gasteiger partial charge in [0.2, 0.25) is 5.76 Å². The molecule has 2 N–H and O–H groups in total. The van der Waals surface area contributed by atoms with Gasteiger partial charge >= 0.3 is 0 Å². The van der Waals surface area contributed by atoms with Crippen molar-refractivity contribution in [3.05, 3.63) is 78.0 Å². The largest absolute Gasteiger partial charge is 0.483 e. The maximum Gasteiger partial charge on any atom is 0.293 e. The van der Waals surface area contributed by atoms with Crippen molar-refractivity contribution in [1.82, 2.24) is 9.97 Å².